The van der Waals surface area contributed by atoms with Crippen molar-refractivity contribution in [2.75, 3.05) is 0 Å². The van der Waals surface area contributed by atoms with Gasteiger partial charge in [0.05, 0.1) is 11.4 Å². The Hall–Kier alpha value is -1.94. The molecule has 2 rings (SSSR count). The van der Waals surface area contributed by atoms with Gasteiger partial charge >= 0.3 is 0 Å². The van der Waals surface area contributed by atoms with E-state index in [0.717, 1.165) is 12.0 Å². The van der Waals surface area contributed by atoms with Crippen molar-refractivity contribution >= 4 is 30.3 Å². The average molecular weight is 242 g/mol. The van der Waals surface area contributed by atoms with E-state index in [0.29, 0.717) is 16.1 Å². The average Bonchev–Trinajstić information content (AvgIpc) is 2.39. The van der Waals surface area contributed by atoms with Crippen molar-refractivity contribution in [3.8, 4) is 0 Å². The first-order chi connectivity index (χ1) is 8.29. The van der Waals surface area contributed by atoms with Gasteiger partial charge in [-0.2, -0.15) is 10.2 Å². The van der Waals surface area contributed by atoms with Gasteiger partial charge in [0.1, 0.15) is 0 Å². The number of carbonyl (C=O) groups is 1. The second kappa shape index (κ2) is 5.41. The smallest absolute Gasteiger partial charge is 0.151 e. The van der Waals surface area contributed by atoms with Crippen LogP contribution in [0.25, 0.3) is 0 Å². The van der Waals surface area contributed by atoms with Crippen LogP contribution in [0.15, 0.2) is 63.7 Å². The van der Waals surface area contributed by atoms with Gasteiger partial charge in [0.15, 0.2) is 6.29 Å². The lowest BCUT2D eigenvalue weighted by atomic mass is 10.2. The number of benzene rings is 2. The van der Waals surface area contributed by atoms with Gasteiger partial charge < -0.3 is 0 Å². The second-order valence-electron chi connectivity index (χ2n) is 3.40. The first-order valence-electron chi connectivity index (χ1n) is 5.04. The van der Waals surface area contributed by atoms with E-state index in [1.54, 1.807) is 18.2 Å². The zero-order valence-electron chi connectivity index (χ0n) is 8.95. The van der Waals surface area contributed by atoms with E-state index < -0.39 is 0 Å². The molecule has 0 heterocycles. The second-order valence-corrected chi connectivity index (χ2v) is 3.88. The highest BCUT2D eigenvalue weighted by molar-refractivity contribution is 7.80. The Labute approximate surface area is 105 Å². The number of hydrogen-bond donors (Lipinski definition) is 1. The predicted octanol–water partition coefficient (Wildman–Crippen LogP) is 4.20. The number of nitrogens with zero attached hydrogens (tertiary/aromatic N) is 2. The van der Waals surface area contributed by atoms with Gasteiger partial charge in [0.2, 0.25) is 0 Å². The maximum atomic E-state index is 10.7. The molecule has 0 aromatic heterocycles. The number of carbonyl (C=O) groups excluding carboxylic acids is 1. The molecular formula is C13H10N2OS. The van der Waals surface area contributed by atoms with Crippen molar-refractivity contribution < 1.29 is 4.79 Å². The molecule has 17 heavy (non-hydrogen) atoms. The van der Waals surface area contributed by atoms with Gasteiger partial charge in [-0.3, -0.25) is 4.79 Å². The molecule has 4 heteroatoms. The third-order valence-corrected chi connectivity index (χ3v) is 2.58. The van der Waals surface area contributed by atoms with Gasteiger partial charge in [-0.15, -0.1) is 12.6 Å². The minimum Gasteiger partial charge on any atom is -0.298 e. The fourth-order valence-corrected chi connectivity index (χ4v) is 1.50. The molecule has 0 aliphatic heterocycles. The Morgan fingerprint density at radius 3 is 2.35 bits per heavy atom. The zero-order chi connectivity index (χ0) is 12.1. The summed E-state index contributed by atoms with van der Waals surface area (Å²) in [4.78, 5) is 11.4. The first-order valence-corrected chi connectivity index (χ1v) is 5.49. The normalized spacial score (nSPS) is 10.6. The van der Waals surface area contributed by atoms with Crippen molar-refractivity contribution in [2.45, 2.75) is 4.90 Å². The minimum atomic E-state index is 0.512. The lowest BCUT2D eigenvalue weighted by Crippen LogP contribution is -1.80. The van der Waals surface area contributed by atoms with E-state index >= 15 is 0 Å². The van der Waals surface area contributed by atoms with E-state index in [1.807, 2.05) is 30.3 Å². The van der Waals surface area contributed by atoms with Crippen LogP contribution in [-0.4, -0.2) is 6.29 Å². The van der Waals surface area contributed by atoms with Crippen LogP contribution in [0.5, 0.6) is 0 Å². The molecule has 3 nitrogen and oxygen atoms in total. The molecule has 0 radical (unpaired) electrons. The van der Waals surface area contributed by atoms with Gasteiger partial charge in [0, 0.05) is 10.5 Å². The summed E-state index contributed by atoms with van der Waals surface area (Å²) in [6.45, 7) is 0. The zero-order valence-corrected chi connectivity index (χ0v) is 9.84. The highest BCUT2D eigenvalue weighted by Crippen LogP contribution is 2.22. The fraction of sp³-hybridized carbons (Fsp3) is 0. The maximum absolute atomic E-state index is 10.7. The summed E-state index contributed by atoms with van der Waals surface area (Å²) in [5.74, 6) is 0. The highest BCUT2D eigenvalue weighted by Gasteiger charge is 1.98. The summed E-state index contributed by atoms with van der Waals surface area (Å²) in [7, 11) is 0. The summed E-state index contributed by atoms with van der Waals surface area (Å²) >= 11 is 4.16. The van der Waals surface area contributed by atoms with E-state index in [1.165, 1.54) is 0 Å². The van der Waals surface area contributed by atoms with Crippen LogP contribution >= 0.6 is 12.6 Å². The molecule has 0 fully saturated rings. The molecule has 0 unspecified atom stereocenters. The number of aldehydes is 1. The Bertz CT molecular complexity index is 553. The molecule has 0 aliphatic rings. The third-order valence-electron chi connectivity index (χ3n) is 2.18. The standard InChI is InChI=1S/C13H10N2OS/c16-9-10-8-12(6-7-13(10)17)15-14-11-4-2-1-3-5-11/h1-9,17H. The molecule has 0 bridgehead atoms. The van der Waals surface area contributed by atoms with Gasteiger partial charge in [-0.05, 0) is 30.3 Å². The van der Waals surface area contributed by atoms with Crippen LogP contribution in [0, 0.1) is 0 Å². The highest BCUT2D eigenvalue weighted by atomic mass is 32.1. The Kier molecular flexibility index (Phi) is 3.67. The number of rotatable bonds is 3. The molecule has 0 amide bonds. The van der Waals surface area contributed by atoms with Crippen molar-refractivity contribution in [1.29, 1.82) is 0 Å². The number of hydrogen-bond acceptors (Lipinski definition) is 4. The molecule has 2 aromatic rings. The van der Waals surface area contributed by atoms with Gasteiger partial charge in [0.25, 0.3) is 0 Å². The summed E-state index contributed by atoms with van der Waals surface area (Å²) in [6, 6.07) is 14.6. The molecule has 2 aromatic carbocycles. The largest absolute Gasteiger partial charge is 0.298 e. The van der Waals surface area contributed by atoms with E-state index in [-0.39, 0.29) is 0 Å². The predicted molar refractivity (Wildman–Crippen MR) is 69.7 cm³/mol. The molecular weight excluding hydrogens is 232 g/mol. The van der Waals surface area contributed by atoms with Crippen molar-refractivity contribution in [3.63, 3.8) is 0 Å². The summed E-state index contributed by atoms with van der Waals surface area (Å²) in [6.07, 6.45) is 0.754. The summed E-state index contributed by atoms with van der Waals surface area (Å²) in [5.41, 5.74) is 1.92. The number of azo groups is 1. The van der Waals surface area contributed by atoms with E-state index in [9.17, 15) is 4.79 Å². The van der Waals surface area contributed by atoms with Crippen LogP contribution in [0.2, 0.25) is 0 Å². The van der Waals surface area contributed by atoms with Crippen LogP contribution in [0.1, 0.15) is 10.4 Å². The van der Waals surface area contributed by atoms with Gasteiger partial charge in [-0.25, -0.2) is 0 Å². The minimum absolute atomic E-state index is 0.512. The molecule has 84 valence electrons. The lowest BCUT2D eigenvalue weighted by molar-refractivity contribution is 0.112. The molecule has 0 saturated carbocycles. The molecule has 0 spiro atoms. The molecule has 0 N–H and O–H groups in total. The molecule has 0 saturated heterocycles. The summed E-state index contributed by atoms with van der Waals surface area (Å²) < 4.78 is 0. The van der Waals surface area contributed by atoms with E-state index in [4.69, 9.17) is 0 Å². The maximum Gasteiger partial charge on any atom is 0.151 e. The van der Waals surface area contributed by atoms with Crippen LogP contribution in [-0.2, 0) is 0 Å². The van der Waals surface area contributed by atoms with Crippen LogP contribution in [0.4, 0.5) is 11.4 Å². The van der Waals surface area contributed by atoms with Crippen molar-refractivity contribution in [2.24, 2.45) is 10.2 Å². The van der Waals surface area contributed by atoms with Gasteiger partial charge in [-0.1, -0.05) is 18.2 Å². The van der Waals surface area contributed by atoms with Crippen molar-refractivity contribution in [1.82, 2.24) is 0 Å². The summed E-state index contributed by atoms with van der Waals surface area (Å²) in [5, 5.41) is 8.12. The van der Waals surface area contributed by atoms with Crippen LogP contribution in [0.3, 0.4) is 0 Å². The quantitative estimate of drug-likeness (QED) is 0.489. The van der Waals surface area contributed by atoms with E-state index in [2.05, 4.69) is 22.9 Å². The molecule has 0 atom stereocenters. The fourth-order valence-electron chi connectivity index (χ4n) is 1.31. The van der Waals surface area contributed by atoms with Crippen LogP contribution < -0.4 is 0 Å². The Morgan fingerprint density at radius 1 is 0.941 bits per heavy atom. The lowest BCUT2D eigenvalue weighted by Gasteiger charge is -1.98. The number of thiol groups is 1. The SMILES string of the molecule is O=Cc1cc(N=Nc2ccccc2)ccc1S. The molecule has 0 aliphatic carbocycles. The first kappa shape index (κ1) is 11.5. The monoisotopic (exact) mass is 242 g/mol. The van der Waals surface area contributed by atoms with Crippen molar-refractivity contribution in [3.05, 3.63) is 54.1 Å². The Balaban J connectivity index is 2.25. The topological polar surface area (TPSA) is 41.8 Å². The third kappa shape index (κ3) is 3.01. The Morgan fingerprint density at radius 2 is 1.65 bits per heavy atom.